The van der Waals surface area contributed by atoms with E-state index in [1.54, 1.807) is 10.6 Å². The molecule has 3 heterocycles. The van der Waals surface area contributed by atoms with Crippen LogP contribution >= 0.6 is 0 Å². The Kier molecular flexibility index (Phi) is 10.5. The molecule has 234 valence electrons. The normalized spacial score (nSPS) is 15.0. The van der Waals surface area contributed by atoms with Crippen molar-refractivity contribution in [2.24, 2.45) is 11.1 Å². The monoisotopic (exact) mass is 616 g/mol. The lowest BCUT2D eigenvalue weighted by molar-refractivity contribution is -0.736. The van der Waals surface area contributed by atoms with Crippen LogP contribution in [0.2, 0.25) is 0 Å². The van der Waals surface area contributed by atoms with Gasteiger partial charge in [-0.1, -0.05) is 25.4 Å². The third-order valence-electron chi connectivity index (χ3n) is 7.69. The van der Waals surface area contributed by atoms with Crippen LogP contribution in [0.25, 0.3) is 22.4 Å². The molecule has 0 unspecified atom stereocenters. The molecule has 1 aliphatic rings. The van der Waals surface area contributed by atoms with Gasteiger partial charge in [-0.3, -0.25) is 10.0 Å². The van der Waals surface area contributed by atoms with Crippen molar-refractivity contribution in [1.29, 1.82) is 0 Å². The highest BCUT2D eigenvalue weighted by molar-refractivity contribution is 7.89. The van der Waals surface area contributed by atoms with E-state index in [0.29, 0.717) is 80.0 Å². The number of nitrogens with zero attached hydrogens (tertiary/aromatic N) is 5. The number of hydrogen-bond donors (Lipinski definition) is 2. The first-order valence-corrected chi connectivity index (χ1v) is 16.1. The van der Waals surface area contributed by atoms with Gasteiger partial charge in [-0.05, 0) is 63.1 Å². The molecule has 0 bridgehead atoms. The van der Waals surface area contributed by atoms with E-state index in [4.69, 9.17) is 14.6 Å². The highest BCUT2D eigenvalue weighted by atomic mass is 32.2. The Bertz CT molecular complexity index is 1640. The number of hydrogen-bond acceptors (Lipinski definition) is 9. The first-order chi connectivity index (χ1) is 20.7. The molecule has 14 heteroatoms. The Hall–Kier alpha value is -3.91. The number of rotatable bonds is 14. The number of fused-ring (bicyclic) bond motifs is 1. The minimum atomic E-state index is -3.86. The third-order valence-corrected chi connectivity index (χ3v) is 9.58. The molecule has 0 radical (unpaired) electrons. The first kappa shape index (κ1) is 32.0. The Balaban J connectivity index is 1.75. The molecule has 2 N–H and O–H groups in total. The van der Waals surface area contributed by atoms with Crippen LogP contribution in [0.3, 0.4) is 0 Å². The maximum Gasteiger partial charge on any atom is 0.275 e. The molecular weight excluding hydrogens is 576 g/mol. The summed E-state index contributed by atoms with van der Waals surface area (Å²) >= 11 is 0. The van der Waals surface area contributed by atoms with Crippen molar-refractivity contribution in [3.8, 4) is 17.1 Å². The van der Waals surface area contributed by atoms with Gasteiger partial charge in [0, 0.05) is 30.1 Å². The van der Waals surface area contributed by atoms with E-state index < -0.39 is 15.6 Å². The van der Waals surface area contributed by atoms with Gasteiger partial charge in [0.05, 0.1) is 35.6 Å². The van der Waals surface area contributed by atoms with Gasteiger partial charge < -0.3 is 24.3 Å². The summed E-state index contributed by atoms with van der Waals surface area (Å²) in [7, 11) is -3.86. The Morgan fingerprint density at radius 1 is 1.23 bits per heavy atom. The van der Waals surface area contributed by atoms with Gasteiger partial charge in [0.1, 0.15) is 22.6 Å². The summed E-state index contributed by atoms with van der Waals surface area (Å²) in [4.78, 5) is 26.3. The lowest BCUT2D eigenvalue weighted by Crippen LogP contribution is -2.38. The second kappa shape index (κ2) is 14.0. The number of oxime groups is 1. The number of aromatic nitrogens is 3. The van der Waals surface area contributed by atoms with Crippen LogP contribution in [0.4, 0.5) is 0 Å². The number of benzene rings is 1. The van der Waals surface area contributed by atoms with Crippen LogP contribution in [0.15, 0.2) is 33.0 Å². The van der Waals surface area contributed by atoms with Gasteiger partial charge in [0.15, 0.2) is 6.72 Å². The second-order valence-corrected chi connectivity index (χ2v) is 12.5. The van der Waals surface area contributed by atoms with Crippen molar-refractivity contribution >= 4 is 34.0 Å². The summed E-state index contributed by atoms with van der Waals surface area (Å²) in [5.41, 5.74) is 2.17. The average molecular weight is 617 g/mol. The van der Waals surface area contributed by atoms with Gasteiger partial charge in [-0.15, -0.1) is 0 Å². The van der Waals surface area contributed by atoms with Crippen molar-refractivity contribution < 1.29 is 28.1 Å². The first-order valence-electron chi connectivity index (χ1n) is 14.7. The Morgan fingerprint density at radius 2 is 1.98 bits per heavy atom. The van der Waals surface area contributed by atoms with E-state index in [9.17, 15) is 23.6 Å². The lowest BCUT2D eigenvalue weighted by Gasteiger charge is -2.31. The number of sulfonamides is 1. The smallest absolute Gasteiger partial charge is 0.275 e. The minimum Gasteiger partial charge on any atom is -0.493 e. The zero-order valence-electron chi connectivity index (χ0n) is 24.9. The highest BCUT2D eigenvalue weighted by Crippen LogP contribution is 2.34. The van der Waals surface area contributed by atoms with E-state index in [1.807, 2.05) is 20.8 Å². The summed E-state index contributed by atoms with van der Waals surface area (Å²) < 4.78 is 36.7. The summed E-state index contributed by atoms with van der Waals surface area (Å²) in [6.45, 7) is 10.7. The molecule has 1 aliphatic heterocycles. The predicted octanol–water partition coefficient (Wildman–Crippen LogP) is 3.89. The molecule has 3 aromatic rings. The molecule has 0 aliphatic carbocycles. The average Bonchev–Trinajstić information content (AvgIpc) is 3.29. The van der Waals surface area contributed by atoms with E-state index in [2.05, 4.69) is 16.9 Å². The molecular formula is C29H40N6O7S. The molecule has 1 aromatic carbocycles. The van der Waals surface area contributed by atoms with Crippen LogP contribution in [0.1, 0.15) is 64.1 Å². The zero-order valence-corrected chi connectivity index (χ0v) is 25.7. The van der Waals surface area contributed by atoms with Crippen LogP contribution in [0, 0.1) is 11.1 Å². The number of aromatic amines is 1. The SMILES string of the molecule is C=[N+]([O-])OCCC1CCN(S(=O)(=O)c2ccc(OCCC)c(-c3nc4c(CCC)c(/C=N/O)n(CC)c4c(=O)[nH]3)c2)CC1. The maximum atomic E-state index is 13.8. The van der Waals surface area contributed by atoms with Gasteiger partial charge in [-0.2, -0.15) is 4.31 Å². The molecule has 1 fully saturated rings. The van der Waals surface area contributed by atoms with E-state index in [0.717, 1.165) is 18.4 Å². The van der Waals surface area contributed by atoms with Crippen molar-refractivity contribution in [1.82, 2.24) is 18.8 Å². The van der Waals surface area contributed by atoms with Crippen LogP contribution in [-0.4, -0.2) is 76.6 Å². The fourth-order valence-electron chi connectivity index (χ4n) is 5.59. The quantitative estimate of drug-likeness (QED) is 0.119. The number of ether oxygens (including phenoxy) is 1. The predicted molar refractivity (Wildman–Crippen MR) is 163 cm³/mol. The fraction of sp³-hybridized carbons (Fsp3) is 0.517. The van der Waals surface area contributed by atoms with Crippen LogP contribution in [0.5, 0.6) is 5.75 Å². The summed E-state index contributed by atoms with van der Waals surface area (Å²) in [6, 6.07) is 4.63. The van der Waals surface area contributed by atoms with Crippen molar-refractivity contribution in [2.75, 3.05) is 26.3 Å². The second-order valence-electron chi connectivity index (χ2n) is 10.5. The van der Waals surface area contributed by atoms with Gasteiger partial charge in [0.25, 0.3) is 5.56 Å². The molecule has 0 spiro atoms. The molecule has 0 saturated carbocycles. The number of piperidine rings is 1. The maximum absolute atomic E-state index is 13.8. The summed E-state index contributed by atoms with van der Waals surface area (Å²) in [6.07, 6.45) is 5.34. The van der Waals surface area contributed by atoms with Crippen molar-refractivity contribution in [3.63, 3.8) is 0 Å². The zero-order chi connectivity index (χ0) is 31.1. The molecule has 0 atom stereocenters. The third kappa shape index (κ3) is 6.85. The molecule has 1 saturated heterocycles. The minimum absolute atomic E-state index is 0.0722. The van der Waals surface area contributed by atoms with Crippen molar-refractivity contribution in [2.45, 2.75) is 70.7 Å². The summed E-state index contributed by atoms with van der Waals surface area (Å²) in [5.74, 6) is 0.834. The Morgan fingerprint density at radius 3 is 2.60 bits per heavy atom. The molecule has 2 aromatic heterocycles. The standard InChI is InChI=1S/C29H40N6O7S/c1-5-8-22-24(19-30-37)35(7-3)27-26(22)31-28(32-29(27)36)23-18-21(9-10-25(23)41-16-6-2)43(39,40)34-14-11-20(12-15-34)13-17-42-33(4)38/h9-10,18-20,37H,4-8,11-17H2,1-3H3,(H,31,32,36)/b30-19+. The lowest BCUT2D eigenvalue weighted by atomic mass is 9.95. The van der Waals surface area contributed by atoms with Gasteiger partial charge in [0.2, 0.25) is 10.0 Å². The van der Waals surface area contributed by atoms with E-state index >= 15 is 0 Å². The molecule has 0 amide bonds. The highest BCUT2D eigenvalue weighted by Gasteiger charge is 2.30. The topological polar surface area (TPSA) is 165 Å². The number of H-pyrrole nitrogens is 1. The Labute approximate surface area is 251 Å². The van der Waals surface area contributed by atoms with Crippen LogP contribution < -0.4 is 10.3 Å². The van der Waals surface area contributed by atoms with E-state index in [1.165, 1.54) is 22.7 Å². The number of nitrogens with one attached hydrogen (secondary N) is 1. The molecule has 13 nitrogen and oxygen atoms in total. The molecule has 43 heavy (non-hydrogen) atoms. The number of aryl methyl sites for hydroxylation is 2. The van der Waals surface area contributed by atoms with E-state index in [-0.39, 0.29) is 28.1 Å². The molecule has 4 rings (SSSR count). The van der Waals surface area contributed by atoms with Gasteiger partial charge >= 0.3 is 0 Å². The van der Waals surface area contributed by atoms with Gasteiger partial charge in [-0.25, -0.2) is 13.4 Å². The van der Waals surface area contributed by atoms with Crippen LogP contribution in [-0.2, 0) is 27.8 Å². The largest absolute Gasteiger partial charge is 0.493 e. The fourth-order valence-corrected chi connectivity index (χ4v) is 7.08. The van der Waals surface area contributed by atoms with Crippen molar-refractivity contribution in [3.05, 3.63) is 45.0 Å². The summed E-state index contributed by atoms with van der Waals surface area (Å²) in [5, 5.41) is 23.4.